The van der Waals surface area contributed by atoms with Gasteiger partial charge in [-0.2, -0.15) is 0 Å². The smallest absolute Gasteiger partial charge is 0.321 e. The summed E-state index contributed by atoms with van der Waals surface area (Å²) in [5.41, 5.74) is 0. The predicted molar refractivity (Wildman–Crippen MR) is 62.8 cm³/mol. The zero-order chi connectivity index (χ0) is 12.1. The van der Waals surface area contributed by atoms with Gasteiger partial charge in [0.1, 0.15) is 11.9 Å². The fourth-order valence-corrected chi connectivity index (χ4v) is 1.72. The van der Waals surface area contributed by atoms with E-state index in [0.29, 0.717) is 10.9 Å². The molecule has 17 heavy (non-hydrogen) atoms. The predicted octanol–water partition coefficient (Wildman–Crippen LogP) is 1.59. The van der Waals surface area contributed by atoms with E-state index in [9.17, 15) is 9.90 Å². The first-order valence-electron chi connectivity index (χ1n) is 4.91. The van der Waals surface area contributed by atoms with Crippen LogP contribution in [0.2, 0.25) is 0 Å². The molecule has 2 aromatic rings. The van der Waals surface area contributed by atoms with Crippen LogP contribution in [0, 0.1) is 0 Å². The Kier molecular flexibility index (Phi) is 3.73. The number of thiazole rings is 1. The van der Waals surface area contributed by atoms with Crippen molar-refractivity contribution in [3.05, 3.63) is 35.7 Å². The van der Waals surface area contributed by atoms with Crippen molar-refractivity contribution in [1.29, 1.82) is 0 Å². The molecular formula is C10H11N3O3S. The number of hydrogen-bond acceptors (Lipinski definition) is 5. The van der Waals surface area contributed by atoms with Gasteiger partial charge in [-0.05, 0) is 12.1 Å². The fourth-order valence-electron chi connectivity index (χ4n) is 1.20. The van der Waals surface area contributed by atoms with Gasteiger partial charge in [0.15, 0.2) is 5.13 Å². The van der Waals surface area contributed by atoms with Gasteiger partial charge >= 0.3 is 6.03 Å². The second-order valence-corrected chi connectivity index (χ2v) is 4.10. The van der Waals surface area contributed by atoms with Crippen molar-refractivity contribution >= 4 is 22.5 Å². The van der Waals surface area contributed by atoms with Gasteiger partial charge in [0.05, 0.1) is 12.8 Å². The Morgan fingerprint density at radius 1 is 1.65 bits per heavy atom. The summed E-state index contributed by atoms with van der Waals surface area (Å²) in [4.78, 5) is 15.3. The van der Waals surface area contributed by atoms with Crippen LogP contribution in [-0.4, -0.2) is 22.7 Å². The molecule has 2 heterocycles. The highest BCUT2D eigenvalue weighted by Crippen LogP contribution is 2.12. The van der Waals surface area contributed by atoms with E-state index in [1.807, 2.05) is 0 Å². The molecule has 0 aliphatic heterocycles. The molecule has 1 atom stereocenters. The molecule has 0 unspecified atom stereocenters. The number of aliphatic hydroxyl groups is 1. The van der Waals surface area contributed by atoms with Crippen LogP contribution >= 0.6 is 11.3 Å². The Hall–Kier alpha value is -1.86. The minimum atomic E-state index is -0.855. The van der Waals surface area contributed by atoms with Gasteiger partial charge in [0.25, 0.3) is 0 Å². The molecule has 0 saturated carbocycles. The second kappa shape index (κ2) is 5.46. The van der Waals surface area contributed by atoms with Gasteiger partial charge in [-0.1, -0.05) is 0 Å². The maximum atomic E-state index is 11.4. The number of nitrogens with zero attached hydrogens (tertiary/aromatic N) is 1. The largest absolute Gasteiger partial charge is 0.467 e. The highest BCUT2D eigenvalue weighted by atomic mass is 32.1. The number of nitrogens with one attached hydrogen (secondary N) is 2. The number of amides is 2. The SMILES string of the molecule is O=C(NC[C@H](O)c1ccco1)Nc1nccs1. The molecule has 2 amide bonds. The molecule has 0 fully saturated rings. The first kappa shape index (κ1) is 11.6. The van der Waals surface area contributed by atoms with Crippen molar-refractivity contribution in [2.45, 2.75) is 6.10 Å². The van der Waals surface area contributed by atoms with Crippen LogP contribution in [-0.2, 0) is 0 Å². The number of aliphatic hydroxyl groups excluding tert-OH is 1. The van der Waals surface area contributed by atoms with E-state index in [0.717, 1.165) is 0 Å². The Balaban J connectivity index is 1.76. The Morgan fingerprint density at radius 2 is 2.53 bits per heavy atom. The fraction of sp³-hybridized carbons (Fsp3) is 0.200. The van der Waals surface area contributed by atoms with Crippen LogP contribution in [0.15, 0.2) is 34.4 Å². The molecule has 0 aromatic carbocycles. The number of furan rings is 1. The maximum absolute atomic E-state index is 11.4. The van der Waals surface area contributed by atoms with E-state index in [2.05, 4.69) is 15.6 Å². The second-order valence-electron chi connectivity index (χ2n) is 3.20. The molecular weight excluding hydrogens is 242 g/mol. The number of carbonyl (C=O) groups is 1. The molecule has 6 nitrogen and oxygen atoms in total. The van der Waals surface area contributed by atoms with Crippen molar-refractivity contribution in [1.82, 2.24) is 10.3 Å². The van der Waals surface area contributed by atoms with Crippen molar-refractivity contribution < 1.29 is 14.3 Å². The average Bonchev–Trinajstić information content (AvgIpc) is 2.97. The summed E-state index contributed by atoms with van der Waals surface area (Å²) in [6, 6.07) is 2.91. The van der Waals surface area contributed by atoms with E-state index < -0.39 is 12.1 Å². The molecule has 2 aromatic heterocycles. The van der Waals surface area contributed by atoms with Gasteiger partial charge in [-0.25, -0.2) is 9.78 Å². The maximum Gasteiger partial charge on any atom is 0.321 e. The van der Waals surface area contributed by atoms with Crippen LogP contribution in [0.4, 0.5) is 9.93 Å². The van der Waals surface area contributed by atoms with Gasteiger partial charge in [-0.3, -0.25) is 5.32 Å². The van der Waals surface area contributed by atoms with Crippen molar-refractivity contribution in [3.8, 4) is 0 Å². The number of rotatable bonds is 4. The number of anilines is 1. The molecule has 0 bridgehead atoms. The van der Waals surface area contributed by atoms with Gasteiger partial charge in [0, 0.05) is 11.6 Å². The van der Waals surface area contributed by atoms with E-state index in [-0.39, 0.29) is 6.54 Å². The van der Waals surface area contributed by atoms with Gasteiger partial charge < -0.3 is 14.8 Å². The lowest BCUT2D eigenvalue weighted by Gasteiger charge is -2.09. The first-order valence-corrected chi connectivity index (χ1v) is 5.79. The number of hydrogen-bond donors (Lipinski definition) is 3. The minimum Gasteiger partial charge on any atom is -0.467 e. The number of urea groups is 1. The van der Waals surface area contributed by atoms with Crippen LogP contribution in [0.1, 0.15) is 11.9 Å². The third-order valence-corrected chi connectivity index (χ3v) is 2.67. The minimum absolute atomic E-state index is 0.0741. The Morgan fingerprint density at radius 3 is 3.18 bits per heavy atom. The zero-order valence-electron chi connectivity index (χ0n) is 8.79. The lowest BCUT2D eigenvalue weighted by Crippen LogP contribution is -2.32. The van der Waals surface area contributed by atoms with E-state index in [4.69, 9.17) is 4.42 Å². The highest BCUT2D eigenvalue weighted by molar-refractivity contribution is 7.13. The molecule has 90 valence electrons. The summed E-state index contributed by atoms with van der Waals surface area (Å²) in [7, 11) is 0. The lowest BCUT2D eigenvalue weighted by atomic mass is 10.3. The molecule has 7 heteroatoms. The summed E-state index contributed by atoms with van der Waals surface area (Å²) in [6.07, 6.45) is 2.21. The number of aromatic nitrogens is 1. The standard InChI is InChI=1S/C10H11N3O3S/c14-7(8-2-1-4-16-8)6-12-9(15)13-10-11-3-5-17-10/h1-5,7,14H,6H2,(H2,11,12,13,15)/t7-/m0/s1. The van der Waals surface area contributed by atoms with Crippen molar-refractivity contribution in [3.63, 3.8) is 0 Å². The molecule has 2 rings (SSSR count). The summed E-state index contributed by atoms with van der Waals surface area (Å²) >= 11 is 1.32. The molecule has 0 spiro atoms. The molecule has 0 aliphatic rings. The molecule has 3 N–H and O–H groups in total. The summed E-state index contributed by atoms with van der Waals surface area (Å²) in [5.74, 6) is 0.416. The molecule has 0 radical (unpaired) electrons. The van der Waals surface area contributed by atoms with Crippen LogP contribution in [0.3, 0.4) is 0 Å². The molecule has 0 saturated heterocycles. The Labute approximate surface area is 101 Å². The highest BCUT2D eigenvalue weighted by Gasteiger charge is 2.12. The quantitative estimate of drug-likeness (QED) is 0.772. The van der Waals surface area contributed by atoms with Crippen LogP contribution < -0.4 is 10.6 Å². The van der Waals surface area contributed by atoms with E-state index in [1.54, 1.807) is 23.7 Å². The summed E-state index contributed by atoms with van der Waals surface area (Å²) in [6.45, 7) is 0.0741. The molecule has 0 aliphatic carbocycles. The lowest BCUT2D eigenvalue weighted by molar-refractivity contribution is 0.149. The monoisotopic (exact) mass is 253 g/mol. The van der Waals surface area contributed by atoms with Crippen LogP contribution in [0.5, 0.6) is 0 Å². The average molecular weight is 253 g/mol. The first-order chi connectivity index (χ1) is 8.25. The summed E-state index contributed by atoms with van der Waals surface area (Å²) in [5, 5.41) is 17.0. The zero-order valence-corrected chi connectivity index (χ0v) is 9.61. The van der Waals surface area contributed by atoms with Crippen molar-refractivity contribution in [2.24, 2.45) is 0 Å². The van der Waals surface area contributed by atoms with Gasteiger partial charge in [-0.15, -0.1) is 11.3 Å². The van der Waals surface area contributed by atoms with E-state index >= 15 is 0 Å². The summed E-state index contributed by atoms with van der Waals surface area (Å²) < 4.78 is 5.00. The van der Waals surface area contributed by atoms with Crippen molar-refractivity contribution in [2.75, 3.05) is 11.9 Å². The Bertz CT molecular complexity index is 455. The van der Waals surface area contributed by atoms with Crippen LogP contribution in [0.25, 0.3) is 0 Å². The third-order valence-electron chi connectivity index (χ3n) is 1.98. The third kappa shape index (κ3) is 3.30. The normalized spacial score (nSPS) is 12.1. The van der Waals surface area contributed by atoms with E-state index in [1.165, 1.54) is 17.6 Å². The number of carbonyl (C=O) groups excluding carboxylic acids is 1. The van der Waals surface area contributed by atoms with Gasteiger partial charge in [0.2, 0.25) is 0 Å². The topological polar surface area (TPSA) is 87.4 Å².